The summed E-state index contributed by atoms with van der Waals surface area (Å²) in [6.45, 7) is 4.01. The molecular weight excluding hydrogens is 289 g/mol. The van der Waals surface area contributed by atoms with Gasteiger partial charge in [0.15, 0.2) is 0 Å². The van der Waals surface area contributed by atoms with Crippen LogP contribution < -0.4 is 5.73 Å². The smallest absolute Gasteiger partial charge is 0.128 e. The summed E-state index contributed by atoms with van der Waals surface area (Å²) >= 11 is 6.10. The van der Waals surface area contributed by atoms with Gasteiger partial charge in [-0.15, -0.1) is 0 Å². The molecule has 0 heterocycles. The van der Waals surface area contributed by atoms with Crippen LogP contribution in [0.2, 0.25) is 5.02 Å². The van der Waals surface area contributed by atoms with E-state index >= 15 is 0 Å². The number of aliphatic hydroxyl groups is 1. The normalized spacial score (nSPS) is 14.0. The second-order valence-corrected chi connectivity index (χ2v) is 5.62. The first-order chi connectivity index (χ1) is 9.97. The van der Waals surface area contributed by atoms with Crippen LogP contribution in [0.5, 0.6) is 0 Å². The first-order valence-corrected chi connectivity index (χ1v) is 7.23. The summed E-state index contributed by atoms with van der Waals surface area (Å²) in [5.41, 5.74) is 8.86. The number of hydrogen-bond donors (Lipinski definition) is 2. The van der Waals surface area contributed by atoms with E-state index in [9.17, 15) is 9.50 Å². The second-order valence-electron chi connectivity index (χ2n) is 5.21. The van der Waals surface area contributed by atoms with Gasteiger partial charge in [-0.2, -0.15) is 0 Å². The van der Waals surface area contributed by atoms with Crippen molar-refractivity contribution in [1.82, 2.24) is 0 Å². The lowest BCUT2D eigenvalue weighted by molar-refractivity contribution is 0.145. The van der Waals surface area contributed by atoms with Gasteiger partial charge < -0.3 is 10.8 Å². The first kappa shape index (κ1) is 16.0. The predicted molar refractivity (Wildman–Crippen MR) is 84.1 cm³/mol. The summed E-state index contributed by atoms with van der Waals surface area (Å²) in [6, 6.07) is 10.2. The third kappa shape index (κ3) is 3.10. The van der Waals surface area contributed by atoms with Crippen molar-refractivity contribution in [3.05, 3.63) is 69.5 Å². The van der Waals surface area contributed by atoms with Crippen LogP contribution in [-0.2, 0) is 0 Å². The average Bonchev–Trinajstić information content (AvgIpc) is 2.45. The van der Waals surface area contributed by atoms with E-state index < -0.39 is 17.8 Å². The van der Waals surface area contributed by atoms with Crippen molar-refractivity contribution in [3.63, 3.8) is 0 Å². The number of nitrogens with two attached hydrogens (primary N) is 1. The Hall–Kier alpha value is -1.42. The van der Waals surface area contributed by atoms with E-state index in [0.717, 1.165) is 16.7 Å². The molecule has 0 aliphatic rings. The number of halogens is 2. The van der Waals surface area contributed by atoms with Crippen molar-refractivity contribution in [2.75, 3.05) is 6.54 Å². The van der Waals surface area contributed by atoms with Gasteiger partial charge in [0.2, 0.25) is 0 Å². The van der Waals surface area contributed by atoms with Crippen molar-refractivity contribution in [1.29, 1.82) is 0 Å². The Morgan fingerprint density at radius 1 is 1.19 bits per heavy atom. The van der Waals surface area contributed by atoms with E-state index in [4.69, 9.17) is 17.3 Å². The zero-order chi connectivity index (χ0) is 15.6. The lowest BCUT2D eigenvalue weighted by Gasteiger charge is -2.25. The monoisotopic (exact) mass is 307 g/mol. The minimum atomic E-state index is -0.899. The Morgan fingerprint density at radius 3 is 2.48 bits per heavy atom. The van der Waals surface area contributed by atoms with E-state index in [1.807, 2.05) is 32.0 Å². The van der Waals surface area contributed by atoms with Gasteiger partial charge in [0.1, 0.15) is 5.82 Å². The molecule has 112 valence electrons. The Labute approximate surface area is 129 Å². The van der Waals surface area contributed by atoms with Crippen LogP contribution in [-0.4, -0.2) is 11.7 Å². The van der Waals surface area contributed by atoms with Crippen LogP contribution in [0.15, 0.2) is 36.4 Å². The molecule has 2 atom stereocenters. The van der Waals surface area contributed by atoms with Gasteiger partial charge in [0, 0.05) is 23.0 Å². The fourth-order valence-electron chi connectivity index (χ4n) is 2.58. The summed E-state index contributed by atoms with van der Waals surface area (Å²) in [7, 11) is 0. The summed E-state index contributed by atoms with van der Waals surface area (Å²) in [6.07, 6.45) is -0.899. The van der Waals surface area contributed by atoms with Crippen LogP contribution >= 0.6 is 11.6 Å². The minimum absolute atomic E-state index is 0.106. The maximum atomic E-state index is 14.1. The molecule has 0 saturated heterocycles. The SMILES string of the molecule is Cc1cccc(C(O)C(CN)c2c(F)cccc2Cl)c1C. The average molecular weight is 308 g/mol. The van der Waals surface area contributed by atoms with E-state index in [1.54, 1.807) is 12.1 Å². The number of benzene rings is 2. The van der Waals surface area contributed by atoms with Crippen molar-refractivity contribution in [2.45, 2.75) is 25.9 Å². The molecule has 2 unspecified atom stereocenters. The number of hydrogen-bond acceptors (Lipinski definition) is 2. The van der Waals surface area contributed by atoms with Gasteiger partial charge in [-0.25, -0.2) is 4.39 Å². The summed E-state index contributed by atoms with van der Waals surface area (Å²) < 4.78 is 14.1. The number of rotatable bonds is 4. The molecule has 0 fully saturated rings. The molecule has 2 rings (SSSR count). The van der Waals surface area contributed by atoms with Crippen molar-refractivity contribution >= 4 is 11.6 Å². The third-order valence-electron chi connectivity index (χ3n) is 3.97. The highest BCUT2D eigenvalue weighted by Gasteiger charge is 2.27. The minimum Gasteiger partial charge on any atom is -0.388 e. The van der Waals surface area contributed by atoms with Crippen LogP contribution in [0.4, 0.5) is 4.39 Å². The van der Waals surface area contributed by atoms with Crippen LogP contribution in [0.25, 0.3) is 0 Å². The van der Waals surface area contributed by atoms with Gasteiger partial charge in [-0.05, 0) is 42.7 Å². The quantitative estimate of drug-likeness (QED) is 0.900. The van der Waals surface area contributed by atoms with Gasteiger partial charge in [0.05, 0.1) is 6.10 Å². The molecule has 0 aromatic heterocycles. The van der Waals surface area contributed by atoms with Gasteiger partial charge in [0.25, 0.3) is 0 Å². The van der Waals surface area contributed by atoms with Gasteiger partial charge in [-0.3, -0.25) is 0 Å². The molecule has 0 aliphatic heterocycles. The highest BCUT2D eigenvalue weighted by molar-refractivity contribution is 6.31. The maximum absolute atomic E-state index is 14.1. The molecule has 4 heteroatoms. The number of aryl methyl sites for hydroxylation is 1. The standard InChI is InChI=1S/C17H19ClFNO/c1-10-5-3-6-12(11(10)2)17(21)13(9-20)16-14(18)7-4-8-15(16)19/h3-8,13,17,21H,9,20H2,1-2H3. The van der Waals surface area contributed by atoms with Gasteiger partial charge in [-0.1, -0.05) is 35.9 Å². The van der Waals surface area contributed by atoms with Crippen molar-refractivity contribution < 1.29 is 9.50 Å². The summed E-state index contributed by atoms with van der Waals surface area (Å²) in [5.74, 6) is -1.03. The van der Waals surface area contributed by atoms with E-state index in [2.05, 4.69) is 0 Å². The Bertz CT molecular complexity index is 624. The summed E-state index contributed by atoms with van der Waals surface area (Å²) in [5, 5.41) is 11.0. The largest absolute Gasteiger partial charge is 0.388 e. The fourth-order valence-corrected chi connectivity index (χ4v) is 2.88. The molecule has 21 heavy (non-hydrogen) atoms. The lowest BCUT2D eigenvalue weighted by atomic mass is 9.86. The third-order valence-corrected chi connectivity index (χ3v) is 4.30. The lowest BCUT2D eigenvalue weighted by Crippen LogP contribution is -2.22. The van der Waals surface area contributed by atoms with Crippen molar-refractivity contribution in [2.24, 2.45) is 5.73 Å². The van der Waals surface area contributed by atoms with Crippen LogP contribution in [0.1, 0.15) is 34.3 Å². The van der Waals surface area contributed by atoms with E-state index in [0.29, 0.717) is 0 Å². The molecule has 2 aromatic carbocycles. The molecular formula is C17H19ClFNO. The molecule has 0 aliphatic carbocycles. The maximum Gasteiger partial charge on any atom is 0.128 e. The summed E-state index contributed by atoms with van der Waals surface area (Å²) in [4.78, 5) is 0. The Kier molecular flexibility index (Phi) is 4.99. The molecule has 0 amide bonds. The Morgan fingerprint density at radius 2 is 1.86 bits per heavy atom. The van der Waals surface area contributed by atoms with Crippen LogP contribution in [0, 0.1) is 19.7 Å². The topological polar surface area (TPSA) is 46.2 Å². The first-order valence-electron chi connectivity index (χ1n) is 6.85. The zero-order valence-corrected chi connectivity index (χ0v) is 12.9. The molecule has 2 aromatic rings. The number of aliphatic hydroxyl groups excluding tert-OH is 1. The highest BCUT2D eigenvalue weighted by Crippen LogP contribution is 2.37. The second kappa shape index (κ2) is 6.56. The highest BCUT2D eigenvalue weighted by atomic mass is 35.5. The predicted octanol–water partition coefficient (Wildman–Crippen LogP) is 3.87. The van der Waals surface area contributed by atoms with E-state index in [-0.39, 0.29) is 17.1 Å². The molecule has 0 saturated carbocycles. The van der Waals surface area contributed by atoms with Crippen molar-refractivity contribution in [3.8, 4) is 0 Å². The molecule has 2 nitrogen and oxygen atoms in total. The van der Waals surface area contributed by atoms with Crippen LogP contribution in [0.3, 0.4) is 0 Å². The molecule has 3 N–H and O–H groups in total. The molecule has 0 radical (unpaired) electrons. The Balaban J connectivity index is 2.48. The molecule has 0 spiro atoms. The van der Waals surface area contributed by atoms with Gasteiger partial charge >= 0.3 is 0 Å². The fraction of sp³-hybridized carbons (Fsp3) is 0.294. The van der Waals surface area contributed by atoms with E-state index in [1.165, 1.54) is 6.07 Å². The molecule has 0 bridgehead atoms. The zero-order valence-electron chi connectivity index (χ0n) is 12.1.